The Hall–Kier alpha value is -3.34. The minimum atomic E-state index is -0.487. The lowest BCUT2D eigenvalue weighted by atomic mass is 10.2. The van der Waals surface area contributed by atoms with Gasteiger partial charge in [-0.25, -0.2) is 4.68 Å². The Morgan fingerprint density at radius 3 is 2.41 bits per heavy atom. The molecule has 7 nitrogen and oxygen atoms in total. The van der Waals surface area contributed by atoms with Crippen LogP contribution in [0.15, 0.2) is 83.2 Å². The van der Waals surface area contributed by atoms with Crippen molar-refractivity contribution in [3.05, 3.63) is 104 Å². The summed E-state index contributed by atoms with van der Waals surface area (Å²) in [5.41, 5.74) is 2.88. The molecule has 0 fully saturated rings. The topological polar surface area (TPSA) is 90.1 Å². The summed E-state index contributed by atoms with van der Waals surface area (Å²) in [5, 5.41) is 18.1. The van der Waals surface area contributed by atoms with E-state index in [4.69, 9.17) is 12.2 Å². The number of carbonyl (C=O) groups is 1. The standard InChI is InChI=1S/C22H16N4O3S3/c27-20(23-17-8-12-19(13-9-17)26(28)29)16-6-10-18(11-7-16)25-22(30)32-21(24-25)31-14-15-4-2-1-3-5-15/h1-13H,14H2,(H,23,27). The number of thioether (sulfide) groups is 1. The molecule has 0 saturated carbocycles. The number of non-ortho nitro benzene ring substituents is 1. The number of nitrogens with one attached hydrogen (secondary N) is 1. The van der Waals surface area contributed by atoms with Crippen LogP contribution in [-0.4, -0.2) is 20.6 Å². The second kappa shape index (κ2) is 9.86. The normalized spacial score (nSPS) is 10.6. The molecule has 0 bridgehead atoms. The first-order valence-corrected chi connectivity index (χ1v) is 11.6. The van der Waals surface area contributed by atoms with Gasteiger partial charge in [0.15, 0.2) is 8.29 Å². The highest BCUT2D eigenvalue weighted by atomic mass is 32.2. The molecule has 0 aliphatic rings. The average Bonchev–Trinajstić information content (AvgIpc) is 3.19. The van der Waals surface area contributed by atoms with Gasteiger partial charge in [-0.15, -0.1) is 5.10 Å². The van der Waals surface area contributed by atoms with E-state index in [1.54, 1.807) is 40.7 Å². The lowest BCUT2D eigenvalue weighted by molar-refractivity contribution is -0.384. The van der Waals surface area contributed by atoms with E-state index >= 15 is 0 Å². The van der Waals surface area contributed by atoms with Crippen LogP contribution in [0.3, 0.4) is 0 Å². The zero-order chi connectivity index (χ0) is 22.5. The van der Waals surface area contributed by atoms with Gasteiger partial charge in [-0.1, -0.05) is 53.4 Å². The fraction of sp³-hybridized carbons (Fsp3) is 0.0455. The molecule has 32 heavy (non-hydrogen) atoms. The van der Waals surface area contributed by atoms with E-state index in [-0.39, 0.29) is 11.6 Å². The molecule has 1 heterocycles. The van der Waals surface area contributed by atoms with Gasteiger partial charge < -0.3 is 5.32 Å². The minimum Gasteiger partial charge on any atom is -0.322 e. The third kappa shape index (κ3) is 5.28. The molecule has 0 unspecified atom stereocenters. The lowest BCUT2D eigenvalue weighted by Crippen LogP contribution is -2.12. The Kier molecular flexibility index (Phi) is 6.74. The molecular weight excluding hydrogens is 464 g/mol. The number of carbonyl (C=O) groups excluding carboxylic acids is 1. The van der Waals surface area contributed by atoms with E-state index in [1.807, 2.05) is 18.2 Å². The van der Waals surface area contributed by atoms with Gasteiger partial charge in [0.2, 0.25) is 0 Å². The van der Waals surface area contributed by atoms with Crippen LogP contribution < -0.4 is 5.32 Å². The van der Waals surface area contributed by atoms with E-state index in [1.165, 1.54) is 41.2 Å². The van der Waals surface area contributed by atoms with Crippen molar-refractivity contribution < 1.29 is 9.72 Å². The van der Waals surface area contributed by atoms with Gasteiger partial charge in [0.25, 0.3) is 11.6 Å². The molecule has 0 saturated heterocycles. The number of amides is 1. The smallest absolute Gasteiger partial charge is 0.269 e. The van der Waals surface area contributed by atoms with Gasteiger partial charge in [0.1, 0.15) is 0 Å². The summed E-state index contributed by atoms with van der Waals surface area (Å²) in [6.07, 6.45) is 0. The maximum atomic E-state index is 12.5. The van der Waals surface area contributed by atoms with Gasteiger partial charge in [-0.05, 0) is 54.2 Å². The van der Waals surface area contributed by atoms with Crippen LogP contribution in [0.1, 0.15) is 15.9 Å². The second-order valence-electron chi connectivity index (χ2n) is 6.62. The van der Waals surface area contributed by atoms with Gasteiger partial charge in [0, 0.05) is 29.1 Å². The maximum Gasteiger partial charge on any atom is 0.269 e. The molecule has 0 radical (unpaired) electrons. The van der Waals surface area contributed by atoms with Gasteiger partial charge in [-0.2, -0.15) is 0 Å². The van der Waals surface area contributed by atoms with Crippen molar-refractivity contribution in [1.29, 1.82) is 0 Å². The number of hydrogen-bond acceptors (Lipinski definition) is 7. The summed E-state index contributed by atoms with van der Waals surface area (Å²) in [4.78, 5) is 22.7. The third-order valence-corrected chi connectivity index (χ3v) is 6.88. The predicted octanol–water partition coefficient (Wildman–Crippen LogP) is 6.12. The summed E-state index contributed by atoms with van der Waals surface area (Å²) in [6.45, 7) is 0. The summed E-state index contributed by atoms with van der Waals surface area (Å²) in [5.74, 6) is 0.497. The van der Waals surface area contributed by atoms with Crippen molar-refractivity contribution in [3.63, 3.8) is 0 Å². The Morgan fingerprint density at radius 1 is 1.06 bits per heavy atom. The highest BCUT2D eigenvalue weighted by Gasteiger charge is 2.11. The zero-order valence-corrected chi connectivity index (χ0v) is 19.0. The number of nitrogens with zero attached hydrogens (tertiary/aromatic N) is 3. The first-order chi connectivity index (χ1) is 15.5. The fourth-order valence-electron chi connectivity index (χ4n) is 2.83. The quantitative estimate of drug-likeness (QED) is 0.148. The van der Waals surface area contributed by atoms with Crippen molar-refractivity contribution >= 4 is 52.6 Å². The number of hydrogen-bond donors (Lipinski definition) is 1. The van der Waals surface area contributed by atoms with E-state index in [2.05, 4.69) is 22.5 Å². The molecule has 0 spiro atoms. The second-order valence-corrected chi connectivity index (χ2v) is 9.47. The predicted molar refractivity (Wildman–Crippen MR) is 129 cm³/mol. The minimum absolute atomic E-state index is 0.0336. The number of benzene rings is 3. The molecule has 0 aliphatic heterocycles. The lowest BCUT2D eigenvalue weighted by Gasteiger charge is -2.06. The van der Waals surface area contributed by atoms with E-state index in [0.717, 1.165) is 15.8 Å². The highest BCUT2D eigenvalue weighted by Crippen LogP contribution is 2.27. The Balaban J connectivity index is 1.43. The molecule has 1 amide bonds. The molecule has 160 valence electrons. The van der Waals surface area contributed by atoms with Crippen LogP contribution in [-0.2, 0) is 5.75 Å². The largest absolute Gasteiger partial charge is 0.322 e. The molecule has 1 aromatic heterocycles. The molecule has 4 rings (SSSR count). The Bertz CT molecular complexity index is 1300. The average molecular weight is 481 g/mol. The van der Waals surface area contributed by atoms with Gasteiger partial charge in [-0.3, -0.25) is 14.9 Å². The van der Waals surface area contributed by atoms with Crippen LogP contribution in [0.4, 0.5) is 11.4 Å². The SMILES string of the molecule is O=C(Nc1ccc([N+](=O)[O-])cc1)c1ccc(-n2nc(SCc3ccccc3)sc2=S)cc1. The first kappa shape index (κ1) is 21.9. The molecule has 4 aromatic rings. The van der Waals surface area contributed by atoms with Crippen molar-refractivity contribution in [2.45, 2.75) is 10.1 Å². The van der Waals surface area contributed by atoms with Crippen molar-refractivity contribution in [3.8, 4) is 5.69 Å². The maximum absolute atomic E-state index is 12.5. The number of aromatic nitrogens is 2. The van der Waals surface area contributed by atoms with Crippen LogP contribution in [0.25, 0.3) is 5.69 Å². The number of anilines is 1. The molecule has 0 atom stereocenters. The summed E-state index contributed by atoms with van der Waals surface area (Å²) in [7, 11) is 0. The number of nitro benzene ring substituents is 1. The van der Waals surface area contributed by atoms with E-state index in [9.17, 15) is 14.9 Å². The molecule has 3 aromatic carbocycles. The van der Waals surface area contributed by atoms with Crippen LogP contribution in [0.2, 0.25) is 0 Å². The van der Waals surface area contributed by atoms with Crippen LogP contribution >= 0.6 is 35.3 Å². The third-order valence-electron chi connectivity index (χ3n) is 4.44. The van der Waals surface area contributed by atoms with E-state index < -0.39 is 4.92 Å². The molecular formula is C22H16N4O3S3. The number of nitro groups is 1. The van der Waals surface area contributed by atoms with E-state index in [0.29, 0.717) is 15.2 Å². The van der Waals surface area contributed by atoms with Gasteiger partial charge >= 0.3 is 0 Å². The highest BCUT2D eigenvalue weighted by molar-refractivity contribution is 8.00. The summed E-state index contributed by atoms with van der Waals surface area (Å²) in [6, 6.07) is 22.8. The summed E-state index contributed by atoms with van der Waals surface area (Å²) < 4.78 is 3.19. The molecule has 1 N–H and O–H groups in total. The number of rotatable bonds is 7. The first-order valence-electron chi connectivity index (χ1n) is 9.43. The van der Waals surface area contributed by atoms with Crippen LogP contribution in [0.5, 0.6) is 0 Å². The monoisotopic (exact) mass is 480 g/mol. The summed E-state index contributed by atoms with van der Waals surface area (Å²) >= 11 is 8.54. The molecule has 10 heteroatoms. The van der Waals surface area contributed by atoms with Crippen molar-refractivity contribution in [2.24, 2.45) is 0 Å². The molecule has 0 aliphatic carbocycles. The Labute approximate surface area is 196 Å². The zero-order valence-electron chi connectivity index (χ0n) is 16.5. The van der Waals surface area contributed by atoms with Crippen LogP contribution in [0, 0.1) is 14.1 Å². The van der Waals surface area contributed by atoms with Crippen molar-refractivity contribution in [2.75, 3.05) is 5.32 Å². The van der Waals surface area contributed by atoms with Crippen molar-refractivity contribution in [1.82, 2.24) is 9.78 Å². The van der Waals surface area contributed by atoms with Gasteiger partial charge in [0.05, 0.1) is 10.6 Å². The fourth-order valence-corrected chi connectivity index (χ4v) is 5.14. The Morgan fingerprint density at radius 2 is 1.75 bits per heavy atom.